The topological polar surface area (TPSA) is 86.7 Å². The lowest BCUT2D eigenvalue weighted by Crippen LogP contribution is -2.40. The Labute approximate surface area is 226 Å². The van der Waals surface area contributed by atoms with E-state index in [1.54, 1.807) is 11.2 Å². The van der Waals surface area contributed by atoms with Crippen LogP contribution in [0.5, 0.6) is 0 Å². The first-order valence-electron chi connectivity index (χ1n) is 13.8. The average Bonchev–Trinajstić information content (AvgIpc) is 3.49. The van der Waals surface area contributed by atoms with Crippen molar-refractivity contribution >= 4 is 15.9 Å². The van der Waals surface area contributed by atoms with Crippen molar-refractivity contribution in [3.8, 4) is 0 Å². The fourth-order valence-corrected chi connectivity index (χ4v) is 7.61. The molecule has 2 saturated heterocycles. The highest BCUT2D eigenvalue weighted by Gasteiger charge is 2.37. The Morgan fingerprint density at radius 3 is 2.37 bits per heavy atom. The molecule has 1 aromatic heterocycles. The Morgan fingerprint density at radius 2 is 1.74 bits per heavy atom. The maximum absolute atomic E-state index is 13.2. The van der Waals surface area contributed by atoms with Crippen LogP contribution in [0.25, 0.3) is 0 Å². The predicted octanol–water partition coefficient (Wildman–Crippen LogP) is 3.60. The molecule has 9 heteroatoms. The number of carbonyl (C=O) groups excluding carboxylic acids is 1. The van der Waals surface area contributed by atoms with Crippen molar-refractivity contribution in [2.75, 3.05) is 45.0 Å². The summed E-state index contributed by atoms with van der Waals surface area (Å²) >= 11 is 0. The highest BCUT2D eigenvalue weighted by Crippen LogP contribution is 2.37. The van der Waals surface area contributed by atoms with Crippen molar-refractivity contribution < 1.29 is 13.2 Å². The van der Waals surface area contributed by atoms with Crippen LogP contribution in [-0.4, -0.2) is 83.4 Å². The standard InChI is InChI=1S/C29H39N5O3S/c1-4-38(36,37)34-14-10-24(11-15-34)27(23-8-6-5-7-9-23)12-13-32-16-25-18-33(19-26(25)17-32)29(35)28-21(2)30-20-31-22(28)3/h5-9,16,20,24,26-27H,4,10-15,17-19H2,1-3H3. The molecule has 3 aliphatic heterocycles. The fourth-order valence-electron chi connectivity index (χ4n) is 6.48. The third-order valence-electron chi connectivity index (χ3n) is 8.65. The lowest BCUT2D eigenvalue weighted by atomic mass is 9.78. The minimum atomic E-state index is -3.12. The number of benzene rings is 1. The van der Waals surface area contributed by atoms with Crippen LogP contribution in [-0.2, 0) is 10.0 Å². The minimum Gasteiger partial charge on any atom is -0.377 e. The molecular weight excluding hydrogens is 498 g/mol. The minimum absolute atomic E-state index is 0.0306. The van der Waals surface area contributed by atoms with Crippen molar-refractivity contribution in [2.24, 2.45) is 11.8 Å². The zero-order valence-electron chi connectivity index (χ0n) is 22.7. The van der Waals surface area contributed by atoms with Crippen molar-refractivity contribution in [1.82, 2.24) is 24.1 Å². The number of hydrogen-bond donors (Lipinski definition) is 0. The lowest BCUT2D eigenvalue weighted by Gasteiger charge is -2.36. The van der Waals surface area contributed by atoms with E-state index in [1.165, 1.54) is 17.5 Å². The van der Waals surface area contributed by atoms with Gasteiger partial charge >= 0.3 is 0 Å². The second-order valence-corrected chi connectivity index (χ2v) is 13.2. The molecule has 1 aromatic carbocycles. The second-order valence-electron chi connectivity index (χ2n) is 10.9. The van der Waals surface area contributed by atoms with E-state index >= 15 is 0 Å². The third kappa shape index (κ3) is 5.50. The number of rotatable bonds is 8. The summed E-state index contributed by atoms with van der Waals surface area (Å²) in [5, 5.41) is 0. The number of sulfonamides is 1. The molecule has 8 nitrogen and oxygen atoms in total. The summed E-state index contributed by atoms with van der Waals surface area (Å²) in [6.07, 6.45) is 6.63. The molecule has 5 rings (SSSR count). The van der Waals surface area contributed by atoms with Crippen LogP contribution in [0, 0.1) is 25.7 Å². The van der Waals surface area contributed by atoms with E-state index < -0.39 is 10.0 Å². The van der Waals surface area contributed by atoms with Gasteiger partial charge in [-0.2, -0.15) is 0 Å². The number of fused-ring (bicyclic) bond motifs is 1. The van der Waals surface area contributed by atoms with Crippen LogP contribution in [0.1, 0.15) is 59.4 Å². The first-order valence-corrected chi connectivity index (χ1v) is 15.4. The Balaban J connectivity index is 1.22. The van der Waals surface area contributed by atoms with Crippen LogP contribution >= 0.6 is 0 Å². The second kappa shape index (κ2) is 11.1. The predicted molar refractivity (Wildman–Crippen MR) is 148 cm³/mol. The molecular formula is C29H39N5O3S. The summed E-state index contributed by atoms with van der Waals surface area (Å²) in [6, 6.07) is 10.7. The van der Waals surface area contributed by atoms with Gasteiger partial charge in [0.25, 0.3) is 5.91 Å². The first kappa shape index (κ1) is 26.8. The van der Waals surface area contributed by atoms with Gasteiger partial charge in [0, 0.05) is 51.4 Å². The van der Waals surface area contributed by atoms with Crippen LogP contribution in [0.3, 0.4) is 0 Å². The maximum atomic E-state index is 13.2. The molecule has 1 amide bonds. The molecule has 38 heavy (non-hydrogen) atoms. The quantitative estimate of drug-likeness (QED) is 0.512. The Bertz CT molecular complexity index is 1270. The zero-order valence-corrected chi connectivity index (χ0v) is 23.5. The van der Waals surface area contributed by atoms with Crippen LogP contribution in [0.2, 0.25) is 0 Å². The van der Waals surface area contributed by atoms with E-state index in [0.29, 0.717) is 43.0 Å². The largest absolute Gasteiger partial charge is 0.377 e. The van der Waals surface area contributed by atoms with Crippen LogP contribution < -0.4 is 0 Å². The van der Waals surface area contributed by atoms with Gasteiger partial charge in [0.2, 0.25) is 10.0 Å². The molecule has 2 aromatic rings. The summed E-state index contributed by atoms with van der Waals surface area (Å²) in [7, 11) is -3.12. The van der Waals surface area contributed by atoms with Crippen LogP contribution in [0.4, 0.5) is 0 Å². The van der Waals surface area contributed by atoms with Gasteiger partial charge in [-0.1, -0.05) is 30.3 Å². The van der Waals surface area contributed by atoms with Gasteiger partial charge in [-0.15, -0.1) is 0 Å². The van der Waals surface area contributed by atoms with Gasteiger partial charge in [-0.05, 0) is 63.0 Å². The number of hydrogen-bond acceptors (Lipinski definition) is 6. The first-order chi connectivity index (χ1) is 18.3. The molecule has 3 aliphatic rings. The summed E-state index contributed by atoms with van der Waals surface area (Å²) in [5.41, 5.74) is 4.79. The van der Waals surface area contributed by atoms with Crippen molar-refractivity contribution in [2.45, 2.75) is 46.0 Å². The van der Waals surface area contributed by atoms with Gasteiger partial charge in [0.05, 0.1) is 22.7 Å². The van der Waals surface area contributed by atoms with Gasteiger partial charge in [-0.3, -0.25) is 4.79 Å². The average molecular weight is 538 g/mol. The molecule has 0 radical (unpaired) electrons. The van der Waals surface area contributed by atoms with Gasteiger partial charge in [-0.25, -0.2) is 22.7 Å². The molecule has 0 saturated carbocycles. The molecule has 2 unspecified atom stereocenters. The van der Waals surface area contributed by atoms with Gasteiger partial charge in [0.1, 0.15) is 6.33 Å². The van der Waals surface area contributed by atoms with Crippen molar-refractivity contribution in [1.29, 1.82) is 0 Å². The molecule has 0 aliphatic carbocycles. The normalized spacial score (nSPS) is 21.4. The summed E-state index contributed by atoms with van der Waals surface area (Å²) < 4.78 is 26.4. The van der Waals surface area contributed by atoms with Crippen molar-refractivity contribution in [3.05, 3.63) is 70.9 Å². The highest BCUT2D eigenvalue weighted by atomic mass is 32.2. The molecule has 0 N–H and O–H groups in total. The number of aromatic nitrogens is 2. The van der Waals surface area contributed by atoms with E-state index in [9.17, 15) is 13.2 Å². The molecule has 2 atom stereocenters. The third-order valence-corrected chi connectivity index (χ3v) is 10.5. The number of carbonyl (C=O) groups is 1. The molecule has 2 fully saturated rings. The number of likely N-dealkylation sites (tertiary alicyclic amines) is 1. The molecule has 4 heterocycles. The Morgan fingerprint density at radius 1 is 1.05 bits per heavy atom. The number of aryl methyl sites for hydroxylation is 2. The van der Waals surface area contributed by atoms with E-state index in [4.69, 9.17) is 0 Å². The molecule has 0 spiro atoms. The maximum Gasteiger partial charge on any atom is 0.257 e. The van der Waals surface area contributed by atoms with E-state index in [-0.39, 0.29) is 11.7 Å². The van der Waals surface area contributed by atoms with E-state index in [0.717, 1.165) is 50.3 Å². The molecule has 0 bridgehead atoms. The smallest absolute Gasteiger partial charge is 0.257 e. The Kier molecular flexibility index (Phi) is 7.86. The highest BCUT2D eigenvalue weighted by molar-refractivity contribution is 7.89. The summed E-state index contributed by atoms with van der Waals surface area (Å²) in [6.45, 7) is 10.0. The Hall–Kier alpha value is -2.78. The number of nitrogens with zero attached hydrogens (tertiary/aromatic N) is 5. The monoisotopic (exact) mass is 537 g/mol. The molecule has 204 valence electrons. The number of piperidine rings is 1. The summed E-state index contributed by atoms with van der Waals surface area (Å²) in [5.74, 6) is 1.46. The SMILES string of the molecule is CCS(=O)(=O)N1CCC(C(CCN2C=C3CN(C(=O)c4c(C)ncnc4C)CC3C2)c2ccccc2)CC1. The van der Waals surface area contributed by atoms with E-state index in [2.05, 4.69) is 51.4 Å². The van der Waals surface area contributed by atoms with Crippen LogP contribution in [0.15, 0.2) is 48.4 Å². The van der Waals surface area contributed by atoms with E-state index in [1.807, 2.05) is 18.7 Å². The number of amides is 1. The van der Waals surface area contributed by atoms with Crippen molar-refractivity contribution in [3.63, 3.8) is 0 Å². The fraction of sp³-hybridized carbons (Fsp3) is 0.552. The lowest BCUT2D eigenvalue weighted by molar-refractivity contribution is 0.0782. The van der Waals surface area contributed by atoms with Gasteiger partial charge < -0.3 is 9.80 Å². The summed E-state index contributed by atoms with van der Waals surface area (Å²) in [4.78, 5) is 26.0. The zero-order chi connectivity index (χ0) is 26.9. The van der Waals surface area contributed by atoms with Gasteiger partial charge in [0.15, 0.2) is 0 Å².